The number of aromatic nitrogens is 2. The first-order valence-electron chi connectivity index (χ1n) is 8.79. The molecule has 2 aromatic heterocycles. The minimum absolute atomic E-state index is 0.106. The molecule has 0 aliphatic rings. The first-order chi connectivity index (χ1) is 13.9. The number of aliphatic hydroxyl groups excluding tert-OH is 1. The minimum atomic E-state index is -4.79. The smallest absolute Gasteiger partial charge is 0.448 e. The highest BCUT2D eigenvalue weighted by Gasteiger charge is 2.34. The van der Waals surface area contributed by atoms with Gasteiger partial charge in [-0.3, -0.25) is 0 Å². The van der Waals surface area contributed by atoms with E-state index in [1.807, 2.05) is 54.6 Å². The molecule has 0 bridgehead atoms. The van der Waals surface area contributed by atoms with Gasteiger partial charge >= 0.3 is 6.18 Å². The highest BCUT2D eigenvalue weighted by molar-refractivity contribution is 7.19. The summed E-state index contributed by atoms with van der Waals surface area (Å²) in [6, 6.07) is 21.8. The Balaban J connectivity index is 1.70. The molecular weight excluding hydrogens is 397 g/mol. The van der Waals surface area contributed by atoms with E-state index in [4.69, 9.17) is 0 Å². The zero-order valence-electron chi connectivity index (χ0n) is 14.8. The van der Waals surface area contributed by atoms with Gasteiger partial charge in [-0.1, -0.05) is 36.4 Å². The average molecular weight is 410 g/mol. The Hall–Kier alpha value is -3.32. The van der Waals surface area contributed by atoms with Gasteiger partial charge in [-0.2, -0.15) is 13.2 Å². The second kappa shape index (κ2) is 6.35. The second-order valence-electron chi connectivity index (χ2n) is 6.60. The Morgan fingerprint density at radius 1 is 0.931 bits per heavy atom. The van der Waals surface area contributed by atoms with Crippen LogP contribution < -0.4 is 0 Å². The lowest BCUT2D eigenvalue weighted by Crippen LogP contribution is -2.10. The summed E-state index contributed by atoms with van der Waals surface area (Å²) in [5, 5.41) is 11.6. The number of thiazole rings is 1. The molecule has 1 N–H and O–H groups in total. The summed E-state index contributed by atoms with van der Waals surface area (Å²) in [6.45, 7) is 0. The van der Waals surface area contributed by atoms with Crippen LogP contribution in [0.4, 0.5) is 13.2 Å². The summed E-state index contributed by atoms with van der Waals surface area (Å²) in [4.78, 5) is 4.27. The maximum absolute atomic E-state index is 12.6. The molecular formula is C22H13F3N2OS. The zero-order valence-corrected chi connectivity index (χ0v) is 15.6. The minimum Gasteiger partial charge on any atom is -0.504 e. The van der Waals surface area contributed by atoms with E-state index in [-0.39, 0.29) is 5.01 Å². The molecule has 3 aromatic carbocycles. The molecule has 0 saturated carbocycles. The van der Waals surface area contributed by atoms with Crippen LogP contribution in [0.3, 0.4) is 0 Å². The number of rotatable bonds is 2. The van der Waals surface area contributed by atoms with Crippen molar-refractivity contribution in [2.75, 3.05) is 0 Å². The summed E-state index contributed by atoms with van der Waals surface area (Å²) in [5.41, 5.74) is 3.53. The van der Waals surface area contributed by atoms with Crippen molar-refractivity contribution in [2.24, 2.45) is 0 Å². The monoisotopic (exact) mass is 410 g/mol. The van der Waals surface area contributed by atoms with Crippen LogP contribution >= 0.6 is 11.3 Å². The Kier molecular flexibility index (Phi) is 3.89. The molecule has 0 radical (unpaired) electrons. The third-order valence-electron chi connectivity index (χ3n) is 4.78. The predicted molar refractivity (Wildman–Crippen MR) is 111 cm³/mol. The van der Waals surface area contributed by atoms with Gasteiger partial charge in [-0.15, -0.1) is 11.3 Å². The lowest BCUT2D eigenvalue weighted by Gasteiger charge is -2.07. The molecule has 3 nitrogen and oxygen atoms in total. The van der Waals surface area contributed by atoms with Gasteiger partial charge in [-0.25, -0.2) is 4.98 Å². The molecule has 0 amide bonds. The van der Waals surface area contributed by atoms with Crippen molar-refractivity contribution in [2.45, 2.75) is 6.18 Å². The topological polar surface area (TPSA) is 38.1 Å². The highest BCUT2D eigenvalue weighted by Crippen LogP contribution is 2.34. The molecule has 7 heteroatoms. The number of aliphatic hydroxyl groups is 1. The molecule has 0 saturated heterocycles. The summed E-state index contributed by atoms with van der Waals surface area (Å²) in [7, 11) is 0. The SMILES string of the molecule is O/C(=C\c1nc2cc(-n3c4ccccc4c4ccccc43)ccc2s1)C(F)(F)F. The maximum atomic E-state index is 12.6. The van der Waals surface area contributed by atoms with Gasteiger partial charge in [0, 0.05) is 22.5 Å². The standard InChI is InChI=1S/C22H13F3N2OS/c23-22(24,25)20(28)12-21-26-16-11-13(9-10-19(16)29-21)27-17-7-3-1-5-14(17)15-6-2-4-8-18(15)27/h1-12,28H/b20-12-. The van der Waals surface area contributed by atoms with Crippen LogP contribution in [0, 0.1) is 0 Å². The van der Waals surface area contributed by atoms with E-state index in [9.17, 15) is 18.3 Å². The molecule has 2 heterocycles. The van der Waals surface area contributed by atoms with Gasteiger partial charge in [0.05, 0.1) is 21.3 Å². The van der Waals surface area contributed by atoms with Crippen molar-refractivity contribution >= 4 is 49.4 Å². The van der Waals surface area contributed by atoms with E-state index >= 15 is 0 Å². The van der Waals surface area contributed by atoms with Crippen molar-refractivity contribution < 1.29 is 18.3 Å². The zero-order chi connectivity index (χ0) is 20.2. The molecule has 144 valence electrons. The van der Waals surface area contributed by atoms with Crippen LogP contribution in [-0.4, -0.2) is 20.8 Å². The number of hydrogen-bond acceptors (Lipinski definition) is 3. The molecule has 5 aromatic rings. The number of alkyl halides is 3. The normalized spacial score (nSPS) is 13.0. The fourth-order valence-corrected chi connectivity index (χ4v) is 4.42. The molecule has 29 heavy (non-hydrogen) atoms. The quantitative estimate of drug-likeness (QED) is 0.323. The van der Waals surface area contributed by atoms with E-state index in [2.05, 4.69) is 21.7 Å². The molecule has 0 unspecified atom stereocenters. The number of halogens is 3. The van der Waals surface area contributed by atoms with Crippen molar-refractivity contribution in [3.05, 3.63) is 77.5 Å². The van der Waals surface area contributed by atoms with Gasteiger partial charge in [0.1, 0.15) is 5.01 Å². The van der Waals surface area contributed by atoms with E-state index in [0.29, 0.717) is 11.6 Å². The Morgan fingerprint density at radius 2 is 1.55 bits per heavy atom. The number of fused-ring (bicyclic) bond motifs is 4. The van der Waals surface area contributed by atoms with Crippen LogP contribution in [0.5, 0.6) is 0 Å². The van der Waals surface area contributed by atoms with Crippen molar-refractivity contribution in [1.82, 2.24) is 9.55 Å². The summed E-state index contributed by atoms with van der Waals surface area (Å²) in [6.07, 6.45) is -4.13. The fourth-order valence-electron chi connectivity index (χ4n) is 3.53. The number of nitrogens with zero attached hydrogens (tertiary/aromatic N) is 2. The van der Waals surface area contributed by atoms with Crippen molar-refractivity contribution in [1.29, 1.82) is 0 Å². The van der Waals surface area contributed by atoms with E-state index in [0.717, 1.165) is 43.5 Å². The lowest BCUT2D eigenvalue weighted by molar-refractivity contribution is -0.119. The Bertz CT molecular complexity index is 1360. The Morgan fingerprint density at radius 3 is 2.17 bits per heavy atom. The predicted octanol–water partition coefficient (Wildman–Crippen LogP) is 6.85. The van der Waals surface area contributed by atoms with Crippen LogP contribution in [0.15, 0.2) is 72.5 Å². The first kappa shape index (κ1) is 17.8. The molecule has 0 aliphatic carbocycles. The summed E-state index contributed by atoms with van der Waals surface area (Å²) >= 11 is 1.10. The summed E-state index contributed by atoms with van der Waals surface area (Å²) in [5.74, 6) is -1.65. The summed E-state index contributed by atoms with van der Waals surface area (Å²) < 4.78 is 40.6. The van der Waals surface area contributed by atoms with Crippen molar-refractivity contribution in [3.63, 3.8) is 0 Å². The number of allylic oxidation sites excluding steroid dienone is 1. The van der Waals surface area contributed by atoms with E-state index < -0.39 is 11.9 Å². The Labute approximate surface area is 167 Å². The van der Waals surface area contributed by atoms with E-state index in [1.54, 1.807) is 0 Å². The van der Waals surface area contributed by atoms with Gasteiger partial charge in [0.15, 0.2) is 0 Å². The fraction of sp³-hybridized carbons (Fsp3) is 0.0455. The average Bonchev–Trinajstić information content (AvgIpc) is 3.24. The third-order valence-corrected chi connectivity index (χ3v) is 5.76. The molecule has 0 fully saturated rings. The van der Waals surface area contributed by atoms with Crippen LogP contribution in [-0.2, 0) is 0 Å². The largest absolute Gasteiger partial charge is 0.504 e. The van der Waals surface area contributed by atoms with Gasteiger partial charge < -0.3 is 9.67 Å². The maximum Gasteiger partial charge on any atom is 0.448 e. The highest BCUT2D eigenvalue weighted by atomic mass is 32.1. The molecule has 0 spiro atoms. The number of para-hydroxylation sites is 2. The van der Waals surface area contributed by atoms with Crippen LogP contribution in [0.2, 0.25) is 0 Å². The molecule has 0 aliphatic heterocycles. The first-order valence-corrected chi connectivity index (χ1v) is 9.60. The van der Waals surface area contributed by atoms with Gasteiger partial charge in [0.25, 0.3) is 0 Å². The van der Waals surface area contributed by atoms with Crippen LogP contribution in [0.25, 0.3) is 43.8 Å². The van der Waals surface area contributed by atoms with Crippen LogP contribution in [0.1, 0.15) is 5.01 Å². The van der Waals surface area contributed by atoms with E-state index in [1.165, 1.54) is 0 Å². The lowest BCUT2D eigenvalue weighted by atomic mass is 10.2. The molecule has 5 rings (SSSR count). The number of hydrogen-bond donors (Lipinski definition) is 1. The van der Waals surface area contributed by atoms with Crippen molar-refractivity contribution in [3.8, 4) is 5.69 Å². The number of benzene rings is 3. The second-order valence-corrected chi connectivity index (χ2v) is 7.66. The molecule has 0 atom stereocenters. The van der Waals surface area contributed by atoms with Gasteiger partial charge in [0.2, 0.25) is 5.76 Å². The third kappa shape index (κ3) is 2.94. The van der Waals surface area contributed by atoms with Gasteiger partial charge in [-0.05, 0) is 30.3 Å².